The summed E-state index contributed by atoms with van der Waals surface area (Å²) in [6, 6.07) is 1.95. The van der Waals surface area contributed by atoms with Gasteiger partial charge in [0.1, 0.15) is 6.33 Å². The molecule has 2 aromatic heterocycles. The molecule has 15 heavy (non-hydrogen) atoms. The van der Waals surface area contributed by atoms with Crippen molar-refractivity contribution >= 4 is 0 Å². The largest absolute Gasteiger partial charge is 0.323 e. The van der Waals surface area contributed by atoms with E-state index < -0.39 is 0 Å². The van der Waals surface area contributed by atoms with Gasteiger partial charge in [-0.25, -0.2) is 4.98 Å². The molecular formula is C10H15N5. The standard InChI is InChI=1S/C10H15N5/c1-3-8(11)9-6-12-7-15(9)10-4-5-14(2)13-10/h4-8H,3,11H2,1-2H3/t8-/m1/s1. The third-order valence-electron chi connectivity index (χ3n) is 2.43. The molecule has 0 bridgehead atoms. The summed E-state index contributed by atoms with van der Waals surface area (Å²) in [5.41, 5.74) is 6.98. The number of hydrogen-bond acceptors (Lipinski definition) is 3. The van der Waals surface area contributed by atoms with Gasteiger partial charge in [0, 0.05) is 25.4 Å². The summed E-state index contributed by atoms with van der Waals surface area (Å²) < 4.78 is 3.69. The highest BCUT2D eigenvalue weighted by molar-refractivity contribution is 5.24. The molecule has 0 saturated heterocycles. The average Bonchev–Trinajstić information content (AvgIpc) is 2.84. The maximum absolute atomic E-state index is 5.99. The lowest BCUT2D eigenvalue weighted by molar-refractivity contribution is 0.651. The summed E-state index contributed by atoms with van der Waals surface area (Å²) in [5.74, 6) is 0.855. The fourth-order valence-electron chi connectivity index (χ4n) is 1.51. The third-order valence-corrected chi connectivity index (χ3v) is 2.43. The Balaban J connectivity index is 2.40. The number of aromatic nitrogens is 4. The second-order valence-corrected chi connectivity index (χ2v) is 3.55. The van der Waals surface area contributed by atoms with Crippen LogP contribution in [0.5, 0.6) is 0 Å². The second-order valence-electron chi connectivity index (χ2n) is 3.55. The van der Waals surface area contributed by atoms with Gasteiger partial charge in [-0.05, 0) is 6.42 Å². The van der Waals surface area contributed by atoms with E-state index >= 15 is 0 Å². The molecule has 0 spiro atoms. The predicted octanol–water partition coefficient (Wildman–Crippen LogP) is 1.02. The van der Waals surface area contributed by atoms with Crippen LogP contribution < -0.4 is 5.73 Å². The van der Waals surface area contributed by atoms with Crippen LogP contribution in [0.15, 0.2) is 24.8 Å². The first-order valence-electron chi connectivity index (χ1n) is 5.00. The van der Waals surface area contributed by atoms with Gasteiger partial charge >= 0.3 is 0 Å². The summed E-state index contributed by atoms with van der Waals surface area (Å²) in [5, 5.41) is 4.31. The second kappa shape index (κ2) is 3.86. The normalized spacial score (nSPS) is 13.0. The highest BCUT2D eigenvalue weighted by atomic mass is 15.3. The minimum atomic E-state index is 0.00880. The van der Waals surface area contributed by atoms with Gasteiger partial charge in [-0.15, -0.1) is 0 Å². The molecule has 5 heteroatoms. The van der Waals surface area contributed by atoms with Crippen molar-refractivity contribution in [1.82, 2.24) is 19.3 Å². The first kappa shape index (κ1) is 9.92. The zero-order valence-electron chi connectivity index (χ0n) is 8.96. The molecule has 1 atom stereocenters. The molecule has 0 unspecified atom stereocenters. The Morgan fingerprint density at radius 2 is 2.33 bits per heavy atom. The van der Waals surface area contributed by atoms with Crippen LogP contribution in [-0.4, -0.2) is 19.3 Å². The average molecular weight is 205 g/mol. The molecule has 2 rings (SSSR count). The van der Waals surface area contributed by atoms with Crippen molar-refractivity contribution in [3.63, 3.8) is 0 Å². The van der Waals surface area contributed by atoms with Gasteiger partial charge in [0.25, 0.3) is 0 Å². The van der Waals surface area contributed by atoms with Crippen LogP contribution in [-0.2, 0) is 7.05 Å². The predicted molar refractivity (Wildman–Crippen MR) is 57.5 cm³/mol. The highest BCUT2D eigenvalue weighted by Crippen LogP contribution is 2.16. The smallest absolute Gasteiger partial charge is 0.160 e. The van der Waals surface area contributed by atoms with E-state index in [9.17, 15) is 0 Å². The summed E-state index contributed by atoms with van der Waals surface area (Å²) in [7, 11) is 1.89. The Bertz CT molecular complexity index is 442. The van der Waals surface area contributed by atoms with E-state index in [2.05, 4.69) is 17.0 Å². The van der Waals surface area contributed by atoms with Crippen LogP contribution in [0.4, 0.5) is 0 Å². The maximum Gasteiger partial charge on any atom is 0.160 e. The number of rotatable bonds is 3. The lowest BCUT2D eigenvalue weighted by Crippen LogP contribution is -2.13. The fraction of sp³-hybridized carbons (Fsp3) is 0.400. The molecule has 2 aromatic rings. The molecular weight excluding hydrogens is 190 g/mol. The zero-order chi connectivity index (χ0) is 10.8. The molecule has 0 fully saturated rings. The van der Waals surface area contributed by atoms with Crippen LogP contribution in [0, 0.1) is 0 Å². The number of nitrogens with zero attached hydrogens (tertiary/aromatic N) is 4. The molecule has 0 amide bonds. The van der Waals surface area contributed by atoms with Crippen LogP contribution >= 0.6 is 0 Å². The quantitative estimate of drug-likeness (QED) is 0.813. The molecule has 80 valence electrons. The molecule has 0 aliphatic carbocycles. The van der Waals surface area contributed by atoms with E-state index in [4.69, 9.17) is 5.73 Å². The van der Waals surface area contributed by atoms with E-state index in [0.717, 1.165) is 17.9 Å². The summed E-state index contributed by atoms with van der Waals surface area (Å²) in [6.45, 7) is 2.06. The Morgan fingerprint density at radius 3 is 2.93 bits per heavy atom. The molecule has 0 saturated carbocycles. The fourth-order valence-corrected chi connectivity index (χ4v) is 1.51. The number of nitrogens with two attached hydrogens (primary N) is 1. The molecule has 2 heterocycles. The van der Waals surface area contributed by atoms with E-state index in [0.29, 0.717) is 0 Å². The lowest BCUT2D eigenvalue weighted by atomic mass is 10.2. The van der Waals surface area contributed by atoms with Crippen LogP contribution in [0.25, 0.3) is 5.82 Å². The van der Waals surface area contributed by atoms with Gasteiger partial charge in [-0.3, -0.25) is 9.25 Å². The van der Waals surface area contributed by atoms with Crippen molar-refractivity contribution < 1.29 is 0 Å². The molecule has 5 nitrogen and oxygen atoms in total. The van der Waals surface area contributed by atoms with E-state index in [1.54, 1.807) is 17.2 Å². The minimum absolute atomic E-state index is 0.00880. The maximum atomic E-state index is 5.99. The number of hydrogen-bond donors (Lipinski definition) is 1. The Kier molecular flexibility index (Phi) is 2.55. The first-order valence-corrected chi connectivity index (χ1v) is 5.00. The van der Waals surface area contributed by atoms with Crippen molar-refractivity contribution in [2.75, 3.05) is 0 Å². The minimum Gasteiger partial charge on any atom is -0.323 e. The molecule has 0 radical (unpaired) electrons. The van der Waals surface area contributed by atoms with Crippen molar-refractivity contribution in [2.24, 2.45) is 12.8 Å². The molecule has 0 aromatic carbocycles. The molecule has 0 aliphatic heterocycles. The van der Waals surface area contributed by atoms with Crippen LogP contribution in [0.1, 0.15) is 25.1 Å². The van der Waals surface area contributed by atoms with Gasteiger partial charge in [0.15, 0.2) is 5.82 Å². The Labute approximate surface area is 88.5 Å². The van der Waals surface area contributed by atoms with Gasteiger partial charge in [0.2, 0.25) is 0 Å². The lowest BCUT2D eigenvalue weighted by Gasteiger charge is -2.10. The van der Waals surface area contributed by atoms with Gasteiger partial charge in [-0.2, -0.15) is 5.10 Å². The Morgan fingerprint density at radius 1 is 1.53 bits per heavy atom. The molecule has 2 N–H and O–H groups in total. The monoisotopic (exact) mass is 205 g/mol. The van der Waals surface area contributed by atoms with E-state index in [-0.39, 0.29) is 6.04 Å². The first-order chi connectivity index (χ1) is 7.22. The van der Waals surface area contributed by atoms with E-state index in [1.807, 2.05) is 23.9 Å². The number of aryl methyl sites for hydroxylation is 1. The van der Waals surface area contributed by atoms with Crippen LogP contribution in [0.2, 0.25) is 0 Å². The van der Waals surface area contributed by atoms with E-state index in [1.165, 1.54) is 0 Å². The Hall–Kier alpha value is -1.62. The highest BCUT2D eigenvalue weighted by Gasteiger charge is 2.11. The third kappa shape index (κ3) is 1.78. The van der Waals surface area contributed by atoms with Crippen molar-refractivity contribution in [3.8, 4) is 5.82 Å². The SMILES string of the molecule is CC[C@@H](N)c1cncn1-c1ccn(C)n1. The van der Waals surface area contributed by atoms with Gasteiger partial charge in [0.05, 0.1) is 11.9 Å². The summed E-state index contributed by atoms with van der Waals surface area (Å²) in [6.07, 6.45) is 6.32. The van der Waals surface area contributed by atoms with Crippen molar-refractivity contribution in [2.45, 2.75) is 19.4 Å². The van der Waals surface area contributed by atoms with Gasteiger partial charge in [-0.1, -0.05) is 6.92 Å². The van der Waals surface area contributed by atoms with Gasteiger partial charge < -0.3 is 5.73 Å². The molecule has 0 aliphatic rings. The summed E-state index contributed by atoms with van der Waals surface area (Å²) >= 11 is 0. The van der Waals surface area contributed by atoms with Crippen molar-refractivity contribution in [3.05, 3.63) is 30.5 Å². The van der Waals surface area contributed by atoms with Crippen LogP contribution in [0.3, 0.4) is 0 Å². The number of imidazole rings is 1. The van der Waals surface area contributed by atoms with Crippen molar-refractivity contribution in [1.29, 1.82) is 0 Å². The summed E-state index contributed by atoms with van der Waals surface area (Å²) in [4.78, 5) is 4.11. The topological polar surface area (TPSA) is 61.7 Å². The zero-order valence-corrected chi connectivity index (χ0v) is 8.96.